The van der Waals surface area contributed by atoms with Crippen molar-refractivity contribution in [2.75, 3.05) is 53.0 Å². The number of nitrogens with one attached hydrogen (secondary N) is 1. The van der Waals surface area contributed by atoms with Crippen LogP contribution in [0.3, 0.4) is 0 Å². The van der Waals surface area contributed by atoms with Crippen LogP contribution in [-0.4, -0.2) is 104 Å². The number of likely N-dealkylation sites (tertiary alicyclic amines) is 1. The van der Waals surface area contributed by atoms with E-state index in [0.717, 1.165) is 38.8 Å². The molecule has 0 radical (unpaired) electrons. The number of carbonyl (C=O) groups excluding carboxylic acids is 3. The van der Waals surface area contributed by atoms with Crippen molar-refractivity contribution in [1.29, 1.82) is 0 Å². The lowest BCUT2D eigenvalue weighted by Crippen LogP contribution is -2.53. The van der Waals surface area contributed by atoms with Gasteiger partial charge in [0.25, 0.3) is 5.91 Å². The van der Waals surface area contributed by atoms with E-state index in [0.29, 0.717) is 50.5 Å². The zero-order chi connectivity index (χ0) is 24.4. The van der Waals surface area contributed by atoms with Crippen LogP contribution >= 0.6 is 0 Å². The first-order chi connectivity index (χ1) is 17.0. The molecule has 35 heavy (non-hydrogen) atoms. The van der Waals surface area contributed by atoms with E-state index in [4.69, 9.17) is 9.47 Å². The molecule has 3 aliphatic heterocycles. The van der Waals surface area contributed by atoms with Gasteiger partial charge in [0, 0.05) is 57.4 Å². The fourth-order valence-electron chi connectivity index (χ4n) is 5.48. The Hall–Kier alpha value is -2.65. The summed E-state index contributed by atoms with van der Waals surface area (Å²) in [6.07, 6.45) is 4.12. The summed E-state index contributed by atoms with van der Waals surface area (Å²) in [5, 5.41) is 3.28. The monoisotopic (exact) mass is 484 g/mol. The number of amides is 3. The number of hydrogen-bond donors (Lipinski definition) is 1. The summed E-state index contributed by atoms with van der Waals surface area (Å²) in [5.74, 6) is 0.695. The summed E-state index contributed by atoms with van der Waals surface area (Å²) < 4.78 is 11.1. The summed E-state index contributed by atoms with van der Waals surface area (Å²) in [6.45, 7) is 4.39. The van der Waals surface area contributed by atoms with Gasteiger partial charge in [-0.3, -0.25) is 14.4 Å². The molecule has 4 fully saturated rings. The lowest BCUT2D eigenvalue weighted by atomic mass is 10.1. The molecule has 9 heteroatoms. The number of piperazine rings is 1. The molecule has 3 amide bonds. The number of ether oxygens (including phenoxy) is 2. The first kappa shape index (κ1) is 24.1. The maximum absolute atomic E-state index is 13.7. The van der Waals surface area contributed by atoms with Gasteiger partial charge in [-0.15, -0.1) is 0 Å². The summed E-state index contributed by atoms with van der Waals surface area (Å²) in [5.41, 5.74) is 0.570. The van der Waals surface area contributed by atoms with Crippen LogP contribution in [0.4, 0.5) is 0 Å². The van der Waals surface area contributed by atoms with Gasteiger partial charge < -0.3 is 29.5 Å². The van der Waals surface area contributed by atoms with E-state index in [1.807, 2.05) is 9.80 Å². The lowest BCUT2D eigenvalue weighted by molar-refractivity contribution is -0.144. The molecule has 1 aromatic carbocycles. The molecule has 9 nitrogen and oxygen atoms in total. The maximum Gasteiger partial charge on any atom is 0.254 e. The molecule has 3 heterocycles. The van der Waals surface area contributed by atoms with Crippen molar-refractivity contribution in [3.63, 3.8) is 0 Å². The van der Waals surface area contributed by atoms with Crippen molar-refractivity contribution in [3.05, 3.63) is 29.8 Å². The number of hydrogen-bond acceptors (Lipinski definition) is 6. The Morgan fingerprint density at radius 2 is 1.83 bits per heavy atom. The van der Waals surface area contributed by atoms with Crippen molar-refractivity contribution in [3.8, 4) is 5.75 Å². The Kier molecular flexibility index (Phi) is 7.24. The topological polar surface area (TPSA) is 91.4 Å². The molecule has 0 spiro atoms. The third-order valence-corrected chi connectivity index (χ3v) is 7.67. The third kappa shape index (κ3) is 5.30. The highest BCUT2D eigenvalue weighted by molar-refractivity contribution is 5.95. The molecule has 0 aromatic heterocycles. The van der Waals surface area contributed by atoms with E-state index in [-0.39, 0.29) is 35.8 Å². The maximum atomic E-state index is 13.7. The van der Waals surface area contributed by atoms with Crippen LogP contribution < -0.4 is 10.1 Å². The van der Waals surface area contributed by atoms with Gasteiger partial charge in [0.15, 0.2) is 0 Å². The van der Waals surface area contributed by atoms with Gasteiger partial charge in [-0.1, -0.05) is 0 Å². The number of carbonyl (C=O) groups is 3. The van der Waals surface area contributed by atoms with Crippen LogP contribution in [-0.2, 0) is 14.3 Å². The molecule has 3 saturated heterocycles. The van der Waals surface area contributed by atoms with Crippen molar-refractivity contribution in [2.45, 2.75) is 50.3 Å². The minimum atomic E-state index is -0.512. The fraction of sp³-hybridized carbons (Fsp3) is 0.654. The van der Waals surface area contributed by atoms with Crippen LogP contribution in [0.2, 0.25) is 0 Å². The summed E-state index contributed by atoms with van der Waals surface area (Å²) in [6, 6.07) is 6.37. The van der Waals surface area contributed by atoms with Gasteiger partial charge in [-0.2, -0.15) is 0 Å². The molecule has 1 saturated carbocycles. The summed E-state index contributed by atoms with van der Waals surface area (Å²) in [7, 11) is 1.60. The molecule has 1 N–H and O–H groups in total. The average molecular weight is 485 g/mol. The molecule has 4 aliphatic rings. The van der Waals surface area contributed by atoms with Gasteiger partial charge in [0.1, 0.15) is 11.8 Å². The Balaban J connectivity index is 1.39. The lowest BCUT2D eigenvalue weighted by Gasteiger charge is -2.32. The number of nitrogens with zero attached hydrogens (tertiary/aromatic N) is 3. The van der Waals surface area contributed by atoms with Crippen molar-refractivity contribution in [1.82, 2.24) is 20.0 Å². The second-order valence-electron chi connectivity index (χ2n) is 10.1. The number of methoxy groups -OCH3 is 1. The molecular weight excluding hydrogens is 448 g/mol. The van der Waals surface area contributed by atoms with Crippen LogP contribution in [0.1, 0.15) is 42.5 Å². The minimum Gasteiger partial charge on any atom is -0.497 e. The van der Waals surface area contributed by atoms with Gasteiger partial charge >= 0.3 is 0 Å². The van der Waals surface area contributed by atoms with E-state index in [1.165, 1.54) is 0 Å². The number of rotatable bonds is 7. The molecule has 3 unspecified atom stereocenters. The largest absolute Gasteiger partial charge is 0.497 e. The van der Waals surface area contributed by atoms with E-state index in [1.54, 1.807) is 36.3 Å². The van der Waals surface area contributed by atoms with Crippen molar-refractivity contribution >= 4 is 17.7 Å². The smallest absolute Gasteiger partial charge is 0.254 e. The Morgan fingerprint density at radius 3 is 2.46 bits per heavy atom. The molecule has 3 atom stereocenters. The second kappa shape index (κ2) is 10.5. The Morgan fingerprint density at radius 1 is 1.09 bits per heavy atom. The van der Waals surface area contributed by atoms with Crippen LogP contribution in [0.15, 0.2) is 24.3 Å². The van der Waals surface area contributed by atoms with Gasteiger partial charge in [0.05, 0.1) is 19.3 Å². The standard InChI is InChI=1S/C26H36N4O5/c1-34-21-8-6-19(7-9-21)24(31)29(17-22-3-2-14-35-22)20-15-23(26(33)28-12-10-27-11-13-28)30(16-20)25(32)18-4-5-18/h6-9,18,20,22-23,27H,2-5,10-17H2,1H3. The molecule has 1 aliphatic carbocycles. The van der Waals surface area contributed by atoms with E-state index in [9.17, 15) is 14.4 Å². The summed E-state index contributed by atoms with van der Waals surface area (Å²) in [4.78, 5) is 46.0. The molecule has 5 rings (SSSR count). The van der Waals surface area contributed by atoms with E-state index >= 15 is 0 Å². The molecule has 1 aromatic rings. The summed E-state index contributed by atoms with van der Waals surface area (Å²) >= 11 is 0. The fourth-order valence-corrected chi connectivity index (χ4v) is 5.48. The second-order valence-corrected chi connectivity index (χ2v) is 10.1. The zero-order valence-electron chi connectivity index (χ0n) is 20.5. The van der Waals surface area contributed by atoms with Crippen LogP contribution in [0.5, 0.6) is 5.75 Å². The van der Waals surface area contributed by atoms with Crippen LogP contribution in [0, 0.1) is 5.92 Å². The first-order valence-electron chi connectivity index (χ1n) is 12.9. The third-order valence-electron chi connectivity index (χ3n) is 7.67. The highest BCUT2D eigenvalue weighted by Crippen LogP contribution is 2.35. The Labute approximate surface area is 206 Å². The van der Waals surface area contributed by atoms with E-state index in [2.05, 4.69) is 5.32 Å². The first-order valence-corrected chi connectivity index (χ1v) is 12.9. The zero-order valence-corrected chi connectivity index (χ0v) is 20.5. The van der Waals surface area contributed by atoms with Gasteiger partial charge in [-0.25, -0.2) is 0 Å². The van der Waals surface area contributed by atoms with Gasteiger partial charge in [0.2, 0.25) is 11.8 Å². The highest BCUT2D eigenvalue weighted by Gasteiger charge is 2.48. The van der Waals surface area contributed by atoms with Crippen molar-refractivity contribution in [2.24, 2.45) is 5.92 Å². The SMILES string of the molecule is COc1ccc(C(=O)N(CC2CCCO2)C2CC(C(=O)N3CCNCC3)N(C(=O)C3CC3)C2)cc1. The van der Waals surface area contributed by atoms with E-state index < -0.39 is 6.04 Å². The predicted molar refractivity (Wildman–Crippen MR) is 129 cm³/mol. The van der Waals surface area contributed by atoms with Gasteiger partial charge in [-0.05, 0) is 56.4 Å². The highest BCUT2D eigenvalue weighted by atomic mass is 16.5. The number of benzene rings is 1. The predicted octanol–water partition coefficient (Wildman–Crippen LogP) is 1.13. The average Bonchev–Trinajstić information content (AvgIpc) is 3.45. The van der Waals surface area contributed by atoms with Crippen LogP contribution in [0.25, 0.3) is 0 Å². The molecule has 190 valence electrons. The quantitative estimate of drug-likeness (QED) is 0.624. The van der Waals surface area contributed by atoms with Crippen molar-refractivity contribution < 1.29 is 23.9 Å². The minimum absolute atomic E-state index is 0.0111. The molecular formula is C26H36N4O5. The Bertz CT molecular complexity index is 922. The molecule has 0 bridgehead atoms. The normalized spacial score (nSPS) is 26.6.